The third-order valence-electron chi connectivity index (χ3n) is 2.59. The summed E-state index contributed by atoms with van der Waals surface area (Å²) >= 11 is 0. The summed E-state index contributed by atoms with van der Waals surface area (Å²) in [6.07, 6.45) is 1.78. The Bertz CT molecular complexity index is 381. The van der Waals surface area contributed by atoms with Gasteiger partial charge >= 0.3 is 5.97 Å². The molecule has 1 aromatic heterocycles. The molecule has 1 N–H and O–H groups in total. The topological polar surface area (TPSA) is 55.1 Å². The zero-order valence-electron chi connectivity index (χ0n) is 11.1. The molecule has 0 fully saturated rings. The molecule has 0 saturated carbocycles. The van der Waals surface area contributed by atoms with E-state index >= 15 is 0 Å². The molecule has 17 heavy (non-hydrogen) atoms. The number of aromatic carboxylic acids is 1. The number of hydrogen-bond donors (Lipinski definition) is 1. The largest absolute Gasteiger partial charge is 0.477 e. The second-order valence-electron chi connectivity index (χ2n) is 5.33. The summed E-state index contributed by atoms with van der Waals surface area (Å²) in [5, 5.41) is 13.5. The van der Waals surface area contributed by atoms with Crippen LogP contribution >= 0.6 is 0 Å². The maximum atomic E-state index is 11.1. The molecule has 0 aliphatic heterocycles. The highest BCUT2D eigenvalue weighted by Crippen LogP contribution is 2.12. The van der Waals surface area contributed by atoms with Gasteiger partial charge in [-0.25, -0.2) is 4.79 Å². The summed E-state index contributed by atoms with van der Waals surface area (Å²) in [7, 11) is 0. The predicted octanol–water partition coefficient (Wildman–Crippen LogP) is 2.83. The number of carbonyl (C=O) groups is 1. The molecule has 96 valence electrons. The second kappa shape index (κ2) is 5.84. The lowest BCUT2D eigenvalue weighted by Crippen LogP contribution is -2.11. The number of carboxylic acids is 1. The standard InChI is InChI=1S/C13H22N2O2/c1-9(2)5-6-15-12(13(16)17)8-11(14-15)7-10(3)4/h8-10H,5-7H2,1-4H3,(H,16,17). The number of aromatic nitrogens is 2. The van der Waals surface area contributed by atoms with E-state index in [0.717, 1.165) is 18.5 Å². The molecule has 0 aromatic carbocycles. The minimum Gasteiger partial charge on any atom is -0.477 e. The van der Waals surface area contributed by atoms with Crippen molar-refractivity contribution in [2.24, 2.45) is 11.8 Å². The van der Waals surface area contributed by atoms with Crippen LogP contribution in [-0.2, 0) is 13.0 Å². The van der Waals surface area contributed by atoms with Crippen molar-refractivity contribution in [3.8, 4) is 0 Å². The first kappa shape index (κ1) is 13.7. The van der Waals surface area contributed by atoms with Gasteiger partial charge in [0.15, 0.2) is 0 Å². The number of carboxylic acid groups (broad SMARTS) is 1. The number of rotatable bonds is 6. The molecule has 4 heteroatoms. The highest BCUT2D eigenvalue weighted by atomic mass is 16.4. The van der Waals surface area contributed by atoms with E-state index in [4.69, 9.17) is 5.11 Å². The summed E-state index contributed by atoms with van der Waals surface area (Å²) in [5.41, 5.74) is 1.18. The quantitative estimate of drug-likeness (QED) is 0.829. The summed E-state index contributed by atoms with van der Waals surface area (Å²) in [5.74, 6) is 0.149. The van der Waals surface area contributed by atoms with Crippen LogP contribution in [-0.4, -0.2) is 20.9 Å². The van der Waals surface area contributed by atoms with Crippen LogP contribution < -0.4 is 0 Å². The summed E-state index contributed by atoms with van der Waals surface area (Å²) in [6, 6.07) is 1.70. The third-order valence-corrected chi connectivity index (χ3v) is 2.59. The van der Waals surface area contributed by atoms with Crippen molar-refractivity contribution in [1.29, 1.82) is 0 Å². The molecule has 0 aliphatic carbocycles. The van der Waals surface area contributed by atoms with Gasteiger partial charge in [0, 0.05) is 6.54 Å². The molecule has 0 unspecified atom stereocenters. The molecular formula is C13H22N2O2. The van der Waals surface area contributed by atoms with Gasteiger partial charge in [-0.3, -0.25) is 4.68 Å². The number of aryl methyl sites for hydroxylation is 1. The molecule has 1 heterocycles. The Morgan fingerprint density at radius 2 is 2.00 bits per heavy atom. The molecule has 1 rings (SSSR count). The van der Waals surface area contributed by atoms with Crippen LogP contribution in [0.25, 0.3) is 0 Å². The van der Waals surface area contributed by atoms with Gasteiger partial charge in [-0.1, -0.05) is 27.7 Å². The van der Waals surface area contributed by atoms with Crippen molar-refractivity contribution in [1.82, 2.24) is 9.78 Å². The molecule has 0 spiro atoms. The number of nitrogens with zero attached hydrogens (tertiary/aromatic N) is 2. The Morgan fingerprint density at radius 1 is 1.35 bits per heavy atom. The van der Waals surface area contributed by atoms with Crippen LogP contribution in [0.4, 0.5) is 0 Å². The lowest BCUT2D eigenvalue weighted by atomic mass is 10.1. The molecule has 4 nitrogen and oxygen atoms in total. The minimum atomic E-state index is -0.892. The maximum Gasteiger partial charge on any atom is 0.354 e. The van der Waals surface area contributed by atoms with Crippen molar-refractivity contribution < 1.29 is 9.90 Å². The second-order valence-corrected chi connectivity index (χ2v) is 5.33. The lowest BCUT2D eigenvalue weighted by molar-refractivity contribution is 0.0682. The van der Waals surface area contributed by atoms with Crippen LogP contribution in [0.1, 0.15) is 50.3 Å². The van der Waals surface area contributed by atoms with Gasteiger partial charge in [0.25, 0.3) is 0 Å². The Morgan fingerprint density at radius 3 is 2.47 bits per heavy atom. The fraction of sp³-hybridized carbons (Fsp3) is 0.692. The smallest absolute Gasteiger partial charge is 0.354 e. The van der Waals surface area contributed by atoms with Crippen molar-refractivity contribution in [2.75, 3.05) is 0 Å². The molecular weight excluding hydrogens is 216 g/mol. The highest BCUT2D eigenvalue weighted by molar-refractivity contribution is 5.85. The number of hydrogen-bond acceptors (Lipinski definition) is 2. The van der Waals surface area contributed by atoms with Gasteiger partial charge in [-0.05, 0) is 30.7 Å². The van der Waals surface area contributed by atoms with Crippen LogP contribution in [0.5, 0.6) is 0 Å². The van der Waals surface area contributed by atoms with E-state index in [1.165, 1.54) is 0 Å². The molecule has 0 radical (unpaired) electrons. The fourth-order valence-corrected chi connectivity index (χ4v) is 1.71. The van der Waals surface area contributed by atoms with Crippen molar-refractivity contribution >= 4 is 5.97 Å². The van der Waals surface area contributed by atoms with Gasteiger partial charge in [-0.15, -0.1) is 0 Å². The molecule has 0 aliphatic rings. The summed E-state index contributed by atoms with van der Waals surface area (Å²) in [4.78, 5) is 11.1. The Labute approximate surface area is 103 Å². The zero-order chi connectivity index (χ0) is 13.0. The van der Waals surface area contributed by atoms with Gasteiger partial charge in [0.2, 0.25) is 0 Å². The van der Waals surface area contributed by atoms with Crippen molar-refractivity contribution in [3.05, 3.63) is 17.5 Å². The highest BCUT2D eigenvalue weighted by Gasteiger charge is 2.14. The van der Waals surface area contributed by atoms with E-state index in [2.05, 4.69) is 32.8 Å². The normalized spacial score (nSPS) is 11.4. The first-order valence-electron chi connectivity index (χ1n) is 6.20. The van der Waals surface area contributed by atoms with Crippen LogP contribution in [0, 0.1) is 11.8 Å². The van der Waals surface area contributed by atoms with Crippen molar-refractivity contribution in [3.63, 3.8) is 0 Å². The van der Waals surface area contributed by atoms with Gasteiger partial charge < -0.3 is 5.11 Å². The van der Waals surface area contributed by atoms with Crippen LogP contribution in [0.15, 0.2) is 6.07 Å². The summed E-state index contributed by atoms with van der Waals surface area (Å²) in [6.45, 7) is 9.14. The zero-order valence-corrected chi connectivity index (χ0v) is 11.1. The monoisotopic (exact) mass is 238 g/mol. The average Bonchev–Trinajstić information content (AvgIpc) is 2.57. The molecule has 0 amide bonds. The molecule has 0 atom stereocenters. The summed E-state index contributed by atoms with van der Waals surface area (Å²) < 4.78 is 1.63. The van der Waals surface area contributed by atoms with E-state index < -0.39 is 5.97 Å². The predicted molar refractivity (Wildman–Crippen MR) is 67.2 cm³/mol. The Kier molecular flexibility index (Phi) is 4.73. The van der Waals surface area contributed by atoms with Gasteiger partial charge in [-0.2, -0.15) is 5.10 Å². The average molecular weight is 238 g/mol. The minimum absolute atomic E-state index is 0.307. The molecule has 0 saturated heterocycles. The SMILES string of the molecule is CC(C)CCn1nc(CC(C)C)cc1C(=O)O. The first-order chi connectivity index (χ1) is 7.90. The fourth-order valence-electron chi connectivity index (χ4n) is 1.71. The van der Waals surface area contributed by atoms with E-state index in [1.54, 1.807) is 10.7 Å². The van der Waals surface area contributed by atoms with Crippen LogP contribution in [0.2, 0.25) is 0 Å². The maximum absolute atomic E-state index is 11.1. The van der Waals surface area contributed by atoms with E-state index in [9.17, 15) is 4.79 Å². The molecule has 1 aromatic rings. The molecule has 0 bridgehead atoms. The lowest BCUT2D eigenvalue weighted by Gasteiger charge is -2.06. The Balaban J connectivity index is 2.85. The first-order valence-corrected chi connectivity index (χ1v) is 6.20. The Hall–Kier alpha value is -1.32. The van der Waals surface area contributed by atoms with Crippen LogP contribution in [0.3, 0.4) is 0 Å². The van der Waals surface area contributed by atoms with Gasteiger partial charge in [0.05, 0.1) is 5.69 Å². The van der Waals surface area contributed by atoms with Gasteiger partial charge in [0.1, 0.15) is 5.69 Å². The van der Waals surface area contributed by atoms with E-state index in [1.807, 2.05) is 0 Å². The van der Waals surface area contributed by atoms with E-state index in [0.29, 0.717) is 24.1 Å². The third kappa shape index (κ3) is 4.21. The van der Waals surface area contributed by atoms with E-state index in [-0.39, 0.29) is 0 Å². The van der Waals surface area contributed by atoms with Crippen molar-refractivity contribution in [2.45, 2.75) is 47.1 Å².